The zero-order chi connectivity index (χ0) is 22.3. The number of nitrogens with zero attached hydrogens (tertiary/aromatic N) is 3. The molecule has 1 aromatic carbocycles. The van der Waals surface area contributed by atoms with Gasteiger partial charge in [-0.25, -0.2) is 4.39 Å². The van der Waals surface area contributed by atoms with Crippen LogP contribution in [0.15, 0.2) is 73.2 Å². The standard InChI is InChI=1S/C25H25FN4O2/c26-19-7-6-10-21(17-19)30(25(32)22-11-4-5-14-28-22)23(18-12-15-27-16-13-18)24(31)29-20-8-2-1-3-9-20/h4-7,10-17,20,23H,1-3,8-9H2,(H,29,31)/t23-/m0/s1. The summed E-state index contributed by atoms with van der Waals surface area (Å²) in [6.07, 6.45) is 9.76. The molecule has 6 nitrogen and oxygen atoms in total. The Hall–Kier alpha value is -3.61. The molecule has 0 radical (unpaired) electrons. The lowest BCUT2D eigenvalue weighted by Crippen LogP contribution is -2.47. The van der Waals surface area contributed by atoms with Crippen molar-refractivity contribution in [3.05, 3.63) is 90.3 Å². The largest absolute Gasteiger partial charge is 0.351 e. The van der Waals surface area contributed by atoms with Gasteiger partial charge in [0, 0.05) is 30.3 Å². The lowest BCUT2D eigenvalue weighted by Gasteiger charge is -2.33. The van der Waals surface area contributed by atoms with Crippen LogP contribution in [0.4, 0.5) is 10.1 Å². The fourth-order valence-electron chi connectivity index (χ4n) is 4.11. The van der Waals surface area contributed by atoms with Gasteiger partial charge in [0.1, 0.15) is 17.6 Å². The SMILES string of the molecule is O=C(NC1CCCCC1)[C@H](c1ccncc1)N(C(=O)c1ccccn1)c1cccc(F)c1. The molecule has 2 amide bonds. The number of hydrogen-bond donors (Lipinski definition) is 1. The Morgan fingerprint density at radius 3 is 2.44 bits per heavy atom. The summed E-state index contributed by atoms with van der Waals surface area (Å²) >= 11 is 0. The number of benzene rings is 1. The van der Waals surface area contributed by atoms with Crippen LogP contribution >= 0.6 is 0 Å². The number of pyridine rings is 2. The van der Waals surface area contributed by atoms with Crippen LogP contribution in [0.25, 0.3) is 0 Å². The Bertz CT molecular complexity index is 1060. The summed E-state index contributed by atoms with van der Waals surface area (Å²) in [5.41, 5.74) is 1.03. The molecule has 1 aliphatic carbocycles. The van der Waals surface area contributed by atoms with E-state index in [4.69, 9.17) is 0 Å². The molecule has 4 rings (SSSR count). The van der Waals surface area contributed by atoms with E-state index < -0.39 is 17.8 Å². The molecule has 164 valence electrons. The average Bonchev–Trinajstić information content (AvgIpc) is 2.83. The summed E-state index contributed by atoms with van der Waals surface area (Å²) in [6, 6.07) is 13.1. The van der Waals surface area contributed by atoms with E-state index in [2.05, 4.69) is 15.3 Å². The van der Waals surface area contributed by atoms with Gasteiger partial charge in [0.25, 0.3) is 5.91 Å². The summed E-state index contributed by atoms with van der Waals surface area (Å²) in [5, 5.41) is 3.12. The molecule has 2 heterocycles. The van der Waals surface area contributed by atoms with E-state index in [1.165, 1.54) is 29.3 Å². The van der Waals surface area contributed by atoms with Crippen LogP contribution < -0.4 is 10.2 Å². The lowest BCUT2D eigenvalue weighted by molar-refractivity contribution is -0.123. The minimum absolute atomic E-state index is 0.0555. The second kappa shape index (κ2) is 10.1. The highest BCUT2D eigenvalue weighted by Gasteiger charge is 2.35. The van der Waals surface area contributed by atoms with Gasteiger partial charge < -0.3 is 5.32 Å². The monoisotopic (exact) mass is 432 g/mol. The van der Waals surface area contributed by atoms with E-state index in [1.54, 1.807) is 48.8 Å². The molecular weight excluding hydrogens is 407 g/mol. The normalized spacial score (nSPS) is 15.0. The van der Waals surface area contributed by atoms with Crippen molar-refractivity contribution < 1.29 is 14.0 Å². The molecule has 1 saturated carbocycles. The Balaban J connectivity index is 1.78. The van der Waals surface area contributed by atoms with Crippen LogP contribution in [0.2, 0.25) is 0 Å². The molecule has 1 N–H and O–H groups in total. The predicted octanol–water partition coefficient (Wildman–Crippen LogP) is 4.45. The first-order valence-corrected chi connectivity index (χ1v) is 10.8. The van der Waals surface area contributed by atoms with Crippen molar-refractivity contribution in [3.63, 3.8) is 0 Å². The first-order chi connectivity index (χ1) is 15.6. The Morgan fingerprint density at radius 1 is 0.969 bits per heavy atom. The molecular formula is C25H25FN4O2. The summed E-state index contributed by atoms with van der Waals surface area (Å²) < 4.78 is 14.2. The molecule has 2 aromatic heterocycles. The van der Waals surface area contributed by atoms with Crippen LogP contribution in [0.1, 0.15) is 54.2 Å². The summed E-state index contributed by atoms with van der Waals surface area (Å²) in [7, 11) is 0. The Kier molecular flexibility index (Phi) is 6.84. The molecule has 0 aliphatic heterocycles. The minimum atomic E-state index is -1.00. The molecule has 7 heteroatoms. The van der Waals surface area contributed by atoms with Crippen LogP contribution in [0.3, 0.4) is 0 Å². The van der Waals surface area contributed by atoms with Crippen molar-refractivity contribution in [1.82, 2.24) is 15.3 Å². The van der Waals surface area contributed by atoms with Gasteiger partial charge >= 0.3 is 0 Å². The topological polar surface area (TPSA) is 75.2 Å². The van der Waals surface area contributed by atoms with Gasteiger partial charge in [-0.15, -0.1) is 0 Å². The highest BCUT2D eigenvalue weighted by Crippen LogP contribution is 2.30. The van der Waals surface area contributed by atoms with Crippen molar-refractivity contribution in [1.29, 1.82) is 0 Å². The van der Waals surface area contributed by atoms with Crippen molar-refractivity contribution in [3.8, 4) is 0 Å². The fourth-order valence-corrected chi connectivity index (χ4v) is 4.11. The highest BCUT2D eigenvalue weighted by molar-refractivity contribution is 6.09. The van der Waals surface area contributed by atoms with Gasteiger partial charge in [-0.2, -0.15) is 0 Å². The molecule has 0 bridgehead atoms. The maximum Gasteiger partial charge on any atom is 0.277 e. The molecule has 0 unspecified atom stereocenters. The molecule has 1 fully saturated rings. The number of rotatable bonds is 6. The second-order valence-electron chi connectivity index (χ2n) is 7.90. The number of nitrogens with one attached hydrogen (secondary N) is 1. The van der Waals surface area contributed by atoms with Crippen molar-refractivity contribution in [2.75, 3.05) is 4.90 Å². The van der Waals surface area contributed by atoms with Crippen molar-refractivity contribution in [2.45, 2.75) is 44.2 Å². The molecule has 1 aliphatic rings. The third-order valence-corrected chi connectivity index (χ3v) is 5.67. The number of anilines is 1. The van der Waals surface area contributed by atoms with Crippen molar-refractivity contribution >= 4 is 17.5 Å². The predicted molar refractivity (Wildman–Crippen MR) is 119 cm³/mol. The van der Waals surface area contributed by atoms with E-state index >= 15 is 0 Å². The number of carbonyl (C=O) groups excluding carboxylic acids is 2. The fraction of sp³-hybridized carbons (Fsp3) is 0.280. The van der Waals surface area contributed by atoms with Gasteiger partial charge in [-0.3, -0.25) is 24.5 Å². The van der Waals surface area contributed by atoms with Crippen LogP contribution in [0.5, 0.6) is 0 Å². The molecule has 32 heavy (non-hydrogen) atoms. The quantitative estimate of drug-likeness (QED) is 0.624. The number of aromatic nitrogens is 2. The van der Waals surface area contributed by atoms with E-state index in [9.17, 15) is 14.0 Å². The van der Waals surface area contributed by atoms with Gasteiger partial charge in [0.05, 0.1) is 0 Å². The molecule has 0 saturated heterocycles. The van der Waals surface area contributed by atoms with Gasteiger partial charge in [0.2, 0.25) is 5.91 Å². The first-order valence-electron chi connectivity index (χ1n) is 10.8. The van der Waals surface area contributed by atoms with Crippen LogP contribution in [-0.4, -0.2) is 27.8 Å². The summed E-state index contributed by atoms with van der Waals surface area (Å²) in [4.78, 5) is 36.8. The zero-order valence-corrected chi connectivity index (χ0v) is 17.7. The van der Waals surface area contributed by atoms with Crippen LogP contribution in [0, 0.1) is 5.82 Å². The highest BCUT2D eigenvalue weighted by atomic mass is 19.1. The Morgan fingerprint density at radius 2 is 1.75 bits per heavy atom. The smallest absolute Gasteiger partial charge is 0.277 e. The number of amides is 2. The van der Waals surface area contributed by atoms with E-state index in [-0.39, 0.29) is 23.3 Å². The third kappa shape index (κ3) is 4.99. The maximum absolute atomic E-state index is 14.2. The van der Waals surface area contributed by atoms with E-state index in [1.807, 2.05) is 0 Å². The van der Waals surface area contributed by atoms with Gasteiger partial charge in [-0.1, -0.05) is 31.4 Å². The first kappa shape index (κ1) is 21.6. The van der Waals surface area contributed by atoms with Crippen molar-refractivity contribution in [2.24, 2.45) is 0 Å². The van der Waals surface area contributed by atoms with E-state index in [0.717, 1.165) is 32.1 Å². The van der Waals surface area contributed by atoms with Crippen LogP contribution in [-0.2, 0) is 4.79 Å². The minimum Gasteiger partial charge on any atom is -0.351 e. The molecule has 0 spiro atoms. The lowest BCUT2D eigenvalue weighted by atomic mass is 9.94. The maximum atomic E-state index is 14.2. The van der Waals surface area contributed by atoms with E-state index in [0.29, 0.717) is 5.56 Å². The average molecular weight is 432 g/mol. The number of carbonyl (C=O) groups is 2. The Labute approximate surface area is 186 Å². The molecule has 1 atom stereocenters. The second-order valence-corrected chi connectivity index (χ2v) is 7.90. The van der Waals surface area contributed by atoms with Gasteiger partial charge in [0.15, 0.2) is 0 Å². The van der Waals surface area contributed by atoms with Gasteiger partial charge in [-0.05, 0) is 60.9 Å². The summed E-state index contributed by atoms with van der Waals surface area (Å²) in [5.74, 6) is -1.30. The third-order valence-electron chi connectivity index (χ3n) is 5.67. The zero-order valence-electron chi connectivity index (χ0n) is 17.7. The number of hydrogen-bond acceptors (Lipinski definition) is 4. The molecule has 3 aromatic rings. The summed E-state index contributed by atoms with van der Waals surface area (Å²) in [6.45, 7) is 0. The number of halogens is 1.